The lowest BCUT2D eigenvalue weighted by molar-refractivity contribution is 0.108. The number of likely N-dealkylation sites (tertiary alicyclic amines) is 1. The number of rotatable bonds is 9. The van der Waals surface area contributed by atoms with E-state index in [0.29, 0.717) is 18.0 Å². The van der Waals surface area contributed by atoms with Gasteiger partial charge in [-0.1, -0.05) is 44.2 Å². The molecule has 1 aromatic carbocycles. The summed E-state index contributed by atoms with van der Waals surface area (Å²) in [6, 6.07) is 11.8. The van der Waals surface area contributed by atoms with Gasteiger partial charge in [-0.2, -0.15) is 0 Å². The van der Waals surface area contributed by atoms with E-state index in [9.17, 15) is 0 Å². The number of guanidine groups is 1. The number of ether oxygens (including phenoxy) is 1. The normalized spacial score (nSPS) is 20.7. The molecule has 1 saturated heterocycles. The molecular formula is C22H39IN4O. The van der Waals surface area contributed by atoms with Crippen molar-refractivity contribution in [3.05, 3.63) is 35.9 Å². The van der Waals surface area contributed by atoms with Gasteiger partial charge in [-0.05, 0) is 37.7 Å². The largest absolute Gasteiger partial charge is 0.381 e. The number of hydrogen-bond donors (Lipinski definition) is 2. The Hall–Kier alpha value is -0.860. The van der Waals surface area contributed by atoms with Crippen LogP contribution in [0.15, 0.2) is 35.3 Å². The molecule has 1 aliphatic rings. The van der Waals surface area contributed by atoms with Gasteiger partial charge in [-0.25, -0.2) is 0 Å². The molecule has 0 spiro atoms. The molecule has 28 heavy (non-hydrogen) atoms. The molecule has 2 rings (SSSR count). The number of benzene rings is 1. The second kappa shape index (κ2) is 14.2. The minimum atomic E-state index is 0. The quantitative estimate of drug-likeness (QED) is 0.233. The van der Waals surface area contributed by atoms with Crippen molar-refractivity contribution in [2.75, 3.05) is 33.4 Å². The van der Waals surface area contributed by atoms with Crippen LogP contribution >= 0.6 is 24.0 Å². The fraction of sp³-hybridized carbons (Fsp3) is 0.682. The SMILES string of the molecule is CN=C(NCCCOCC(C)C)NC1CCN(Cc2ccccc2)C(C)C1.I. The molecule has 2 unspecified atom stereocenters. The molecule has 5 nitrogen and oxygen atoms in total. The molecule has 1 aliphatic heterocycles. The first kappa shape index (κ1) is 25.2. The first-order valence-electron chi connectivity index (χ1n) is 10.4. The second-order valence-electron chi connectivity index (χ2n) is 7.99. The van der Waals surface area contributed by atoms with Crippen LogP contribution in [0.3, 0.4) is 0 Å². The molecule has 0 aliphatic carbocycles. The highest BCUT2D eigenvalue weighted by Gasteiger charge is 2.25. The molecule has 0 amide bonds. The number of aliphatic imine (C=N–C) groups is 1. The zero-order valence-electron chi connectivity index (χ0n) is 18.0. The molecular weight excluding hydrogens is 463 g/mol. The molecule has 0 bridgehead atoms. The Morgan fingerprint density at radius 1 is 1.29 bits per heavy atom. The van der Waals surface area contributed by atoms with Gasteiger partial charge in [0.25, 0.3) is 0 Å². The van der Waals surface area contributed by atoms with Gasteiger partial charge in [0, 0.05) is 52.0 Å². The van der Waals surface area contributed by atoms with Crippen LogP contribution in [0.25, 0.3) is 0 Å². The highest BCUT2D eigenvalue weighted by atomic mass is 127. The van der Waals surface area contributed by atoms with E-state index in [4.69, 9.17) is 4.74 Å². The van der Waals surface area contributed by atoms with Crippen LogP contribution in [0.5, 0.6) is 0 Å². The minimum Gasteiger partial charge on any atom is -0.381 e. The van der Waals surface area contributed by atoms with Crippen molar-refractivity contribution >= 4 is 29.9 Å². The van der Waals surface area contributed by atoms with Crippen LogP contribution in [0.4, 0.5) is 0 Å². The average Bonchev–Trinajstić information content (AvgIpc) is 2.66. The Kier molecular flexibility index (Phi) is 12.7. The van der Waals surface area contributed by atoms with Crippen molar-refractivity contribution < 1.29 is 4.74 Å². The van der Waals surface area contributed by atoms with Crippen molar-refractivity contribution in [1.82, 2.24) is 15.5 Å². The maximum Gasteiger partial charge on any atom is 0.191 e. The lowest BCUT2D eigenvalue weighted by atomic mass is 9.97. The predicted octanol–water partition coefficient (Wildman–Crippen LogP) is 3.89. The van der Waals surface area contributed by atoms with Gasteiger partial charge in [0.2, 0.25) is 0 Å². The van der Waals surface area contributed by atoms with E-state index in [1.165, 1.54) is 5.56 Å². The summed E-state index contributed by atoms with van der Waals surface area (Å²) < 4.78 is 5.63. The maximum atomic E-state index is 5.63. The smallest absolute Gasteiger partial charge is 0.191 e. The summed E-state index contributed by atoms with van der Waals surface area (Å²) in [5.74, 6) is 1.51. The topological polar surface area (TPSA) is 48.9 Å². The summed E-state index contributed by atoms with van der Waals surface area (Å²) in [4.78, 5) is 6.96. The van der Waals surface area contributed by atoms with Crippen molar-refractivity contribution in [3.63, 3.8) is 0 Å². The van der Waals surface area contributed by atoms with Crippen LogP contribution in [0.2, 0.25) is 0 Å². The van der Waals surface area contributed by atoms with Gasteiger partial charge in [-0.3, -0.25) is 9.89 Å². The monoisotopic (exact) mass is 502 g/mol. The van der Waals surface area contributed by atoms with E-state index in [0.717, 1.165) is 58.1 Å². The third kappa shape index (κ3) is 9.56. The Bertz CT molecular complexity index is 553. The average molecular weight is 502 g/mol. The molecule has 0 saturated carbocycles. The Morgan fingerprint density at radius 2 is 2.04 bits per heavy atom. The fourth-order valence-electron chi connectivity index (χ4n) is 3.49. The minimum absolute atomic E-state index is 0. The molecule has 1 heterocycles. The van der Waals surface area contributed by atoms with Gasteiger partial charge >= 0.3 is 0 Å². The Labute approximate surface area is 188 Å². The van der Waals surface area contributed by atoms with Crippen LogP contribution in [0.1, 0.15) is 45.6 Å². The molecule has 1 aromatic rings. The zero-order chi connectivity index (χ0) is 19.5. The van der Waals surface area contributed by atoms with E-state index >= 15 is 0 Å². The summed E-state index contributed by atoms with van der Waals surface area (Å²) >= 11 is 0. The molecule has 2 atom stereocenters. The molecule has 6 heteroatoms. The lowest BCUT2D eigenvalue weighted by Crippen LogP contribution is -2.51. The van der Waals surface area contributed by atoms with E-state index in [-0.39, 0.29) is 24.0 Å². The molecule has 1 fully saturated rings. The standard InChI is InChI=1S/C22H38N4O.HI/c1-18(2)17-27-14-8-12-24-22(23-4)25-21-11-13-26(19(3)15-21)16-20-9-6-5-7-10-20;/h5-7,9-10,18-19,21H,8,11-17H2,1-4H3,(H2,23,24,25);1H. The van der Waals surface area contributed by atoms with Crippen molar-refractivity contribution in [1.29, 1.82) is 0 Å². The number of hydrogen-bond acceptors (Lipinski definition) is 3. The van der Waals surface area contributed by atoms with E-state index in [1.807, 2.05) is 7.05 Å². The molecule has 2 N–H and O–H groups in total. The molecule has 0 radical (unpaired) electrons. The Morgan fingerprint density at radius 3 is 2.68 bits per heavy atom. The van der Waals surface area contributed by atoms with Gasteiger partial charge in [-0.15, -0.1) is 24.0 Å². The molecule has 160 valence electrons. The predicted molar refractivity (Wildman–Crippen MR) is 130 cm³/mol. The Balaban J connectivity index is 0.00000392. The molecule has 0 aromatic heterocycles. The maximum absolute atomic E-state index is 5.63. The van der Waals surface area contributed by atoms with Crippen LogP contribution in [0, 0.1) is 5.92 Å². The van der Waals surface area contributed by atoms with Gasteiger partial charge in [0.15, 0.2) is 5.96 Å². The fourth-order valence-corrected chi connectivity index (χ4v) is 3.49. The summed E-state index contributed by atoms with van der Waals surface area (Å²) in [6.45, 7) is 11.4. The van der Waals surface area contributed by atoms with Crippen molar-refractivity contribution in [2.24, 2.45) is 10.9 Å². The number of nitrogens with zero attached hydrogens (tertiary/aromatic N) is 2. The van der Waals surface area contributed by atoms with Crippen LogP contribution in [-0.4, -0.2) is 56.3 Å². The summed E-state index contributed by atoms with van der Waals surface area (Å²) in [7, 11) is 1.85. The summed E-state index contributed by atoms with van der Waals surface area (Å²) in [6.07, 6.45) is 3.29. The summed E-state index contributed by atoms with van der Waals surface area (Å²) in [5, 5.41) is 7.02. The van der Waals surface area contributed by atoms with Crippen molar-refractivity contribution in [3.8, 4) is 0 Å². The lowest BCUT2D eigenvalue weighted by Gasteiger charge is -2.38. The highest BCUT2D eigenvalue weighted by Crippen LogP contribution is 2.19. The van der Waals surface area contributed by atoms with Gasteiger partial charge in [0.1, 0.15) is 0 Å². The van der Waals surface area contributed by atoms with Gasteiger partial charge in [0.05, 0.1) is 0 Å². The number of nitrogens with one attached hydrogen (secondary N) is 2. The van der Waals surface area contributed by atoms with Crippen molar-refractivity contribution in [2.45, 2.75) is 58.7 Å². The zero-order valence-corrected chi connectivity index (χ0v) is 20.3. The van der Waals surface area contributed by atoms with Crippen LogP contribution < -0.4 is 10.6 Å². The van der Waals surface area contributed by atoms with E-state index < -0.39 is 0 Å². The van der Waals surface area contributed by atoms with E-state index in [2.05, 4.69) is 71.6 Å². The first-order chi connectivity index (χ1) is 13.1. The second-order valence-corrected chi connectivity index (χ2v) is 7.99. The summed E-state index contributed by atoms with van der Waals surface area (Å²) in [5.41, 5.74) is 1.40. The van der Waals surface area contributed by atoms with E-state index in [1.54, 1.807) is 0 Å². The third-order valence-corrected chi connectivity index (χ3v) is 5.02. The van der Waals surface area contributed by atoms with Crippen LogP contribution in [-0.2, 0) is 11.3 Å². The highest BCUT2D eigenvalue weighted by molar-refractivity contribution is 14.0. The number of halogens is 1. The number of piperidine rings is 1. The first-order valence-corrected chi connectivity index (χ1v) is 10.4. The van der Waals surface area contributed by atoms with Gasteiger partial charge < -0.3 is 15.4 Å². The third-order valence-electron chi connectivity index (χ3n) is 5.02.